The van der Waals surface area contributed by atoms with Gasteiger partial charge in [-0.05, 0) is 67.9 Å². The fraction of sp³-hybridized carbons (Fsp3) is 0.667. The van der Waals surface area contributed by atoms with Gasteiger partial charge in [-0.1, -0.05) is 6.07 Å². The molecule has 1 aliphatic heterocycles. The van der Waals surface area contributed by atoms with Crippen molar-refractivity contribution in [2.24, 2.45) is 16.7 Å². The minimum Gasteiger partial charge on any atom is -0.496 e. The van der Waals surface area contributed by atoms with E-state index >= 15 is 0 Å². The van der Waals surface area contributed by atoms with Crippen LogP contribution in [0.15, 0.2) is 18.2 Å². The Morgan fingerprint density at radius 3 is 2.88 bits per heavy atom. The molecular formula is C21H28N2O2. The van der Waals surface area contributed by atoms with Gasteiger partial charge in [0.15, 0.2) is 0 Å². The van der Waals surface area contributed by atoms with Crippen LogP contribution in [0.1, 0.15) is 50.5 Å². The molecule has 0 saturated heterocycles. The fourth-order valence-corrected chi connectivity index (χ4v) is 6.33. The largest absolute Gasteiger partial charge is 0.496 e. The Labute approximate surface area is 149 Å². The number of carbonyl (C=O) groups excluding carboxylic acids is 1. The number of hydrogen-bond donors (Lipinski definition) is 1. The lowest BCUT2D eigenvalue weighted by Gasteiger charge is -2.49. The molecule has 1 aromatic carbocycles. The van der Waals surface area contributed by atoms with Crippen LogP contribution in [0.4, 0.5) is 5.69 Å². The van der Waals surface area contributed by atoms with E-state index in [1.165, 1.54) is 32.1 Å². The summed E-state index contributed by atoms with van der Waals surface area (Å²) in [6, 6.07) is 6.10. The first-order valence-corrected chi connectivity index (χ1v) is 9.84. The predicted octanol–water partition coefficient (Wildman–Crippen LogP) is 3.32. The number of rotatable bonds is 5. The normalized spacial score (nSPS) is 37.0. The zero-order valence-electron chi connectivity index (χ0n) is 15.3. The lowest BCUT2D eigenvalue weighted by molar-refractivity contribution is -0.123. The van der Waals surface area contributed by atoms with Crippen molar-refractivity contribution in [3.63, 3.8) is 0 Å². The van der Waals surface area contributed by atoms with Crippen molar-refractivity contribution in [3.05, 3.63) is 23.8 Å². The lowest BCUT2D eigenvalue weighted by atomic mass is 9.57. The fourth-order valence-electron chi connectivity index (χ4n) is 6.33. The highest BCUT2D eigenvalue weighted by Crippen LogP contribution is 2.81. The van der Waals surface area contributed by atoms with Crippen molar-refractivity contribution in [1.29, 1.82) is 0 Å². The molecular weight excluding hydrogens is 312 g/mol. The molecule has 1 spiro atoms. The average Bonchev–Trinajstić information content (AvgIpc) is 3.22. The molecule has 1 heterocycles. The van der Waals surface area contributed by atoms with Crippen LogP contribution in [0.2, 0.25) is 0 Å². The molecule has 1 aromatic rings. The van der Waals surface area contributed by atoms with Crippen LogP contribution in [-0.4, -0.2) is 32.7 Å². The van der Waals surface area contributed by atoms with E-state index in [4.69, 9.17) is 4.74 Å². The number of ether oxygens (including phenoxy) is 1. The highest BCUT2D eigenvalue weighted by atomic mass is 16.5. The van der Waals surface area contributed by atoms with Gasteiger partial charge in [-0.25, -0.2) is 0 Å². The molecule has 0 aromatic heterocycles. The van der Waals surface area contributed by atoms with Gasteiger partial charge in [0.2, 0.25) is 5.91 Å². The minimum absolute atomic E-state index is 0.116. The van der Waals surface area contributed by atoms with E-state index in [9.17, 15) is 4.79 Å². The van der Waals surface area contributed by atoms with Gasteiger partial charge in [0.1, 0.15) is 5.75 Å². The van der Waals surface area contributed by atoms with Crippen LogP contribution in [0.25, 0.3) is 0 Å². The molecule has 4 unspecified atom stereocenters. The summed E-state index contributed by atoms with van der Waals surface area (Å²) in [6.45, 7) is 4.71. The first-order chi connectivity index (χ1) is 12.1. The molecule has 134 valence electrons. The summed E-state index contributed by atoms with van der Waals surface area (Å²) < 4.78 is 5.57. The number of benzene rings is 1. The van der Waals surface area contributed by atoms with Crippen molar-refractivity contribution in [2.45, 2.75) is 44.9 Å². The Morgan fingerprint density at radius 1 is 1.36 bits per heavy atom. The topological polar surface area (TPSA) is 41.6 Å². The van der Waals surface area contributed by atoms with E-state index in [1.807, 2.05) is 12.1 Å². The monoisotopic (exact) mass is 340 g/mol. The van der Waals surface area contributed by atoms with E-state index in [2.05, 4.69) is 23.2 Å². The number of hydrogen-bond acceptors (Lipinski definition) is 3. The van der Waals surface area contributed by atoms with Gasteiger partial charge >= 0.3 is 0 Å². The summed E-state index contributed by atoms with van der Waals surface area (Å²) in [7, 11) is 1.70. The number of methoxy groups -OCH3 is 1. The third-order valence-electron chi connectivity index (χ3n) is 7.96. The van der Waals surface area contributed by atoms with E-state index in [0.717, 1.165) is 42.6 Å². The smallest absolute Gasteiger partial charge is 0.229 e. The number of anilines is 1. The summed E-state index contributed by atoms with van der Waals surface area (Å²) in [5, 5.41) is 3.36. The average molecular weight is 340 g/mol. The molecule has 5 rings (SSSR count). The van der Waals surface area contributed by atoms with Crippen LogP contribution < -0.4 is 15.0 Å². The van der Waals surface area contributed by atoms with E-state index in [-0.39, 0.29) is 11.8 Å². The van der Waals surface area contributed by atoms with Gasteiger partial charge < -0.3 is 15.0 Å². The molecule has 4 heteroatoms. The molecule has 0 bridgehead atoms. The summed E-state index contributed by atoms with van der Waals surface area (Å²) in [4.78, 5) is 15.4. The van der Waals surface area contributed by atoms with Gasteiger partial charge in [0, 0.05) is 30.9 Å². The maximum Gasteiger partial charge on any atom is 0.229 e. The van der Waals surface area contributed by atoms with Gasteiger partial charge in [-0.2, -0.15) is 0 Å². The maximum absolute atomic E-state index is 13.1. The van der Waals surface area contributed by atoms with Gasteiger partial charge in [-0.15, -0.1) is 0 Å². The third kappa shape index (κ3) is 1.91. The molecule has 1 amide bonds. The quantitative estimate of drug-likeness (QED) is 0.894. The molecule has 3 aliphatic carbocycles. The van der Waals surface area contributed by atoms with Gasteiger partial charge in [-0.3, -0.25) is 4.79 Å². The van der Waals surface area contributed by atoms with Crippen molar-refractivity contribution < 1.29 is 9.53 Å². The summed E-state index contributed by atoms with van der Waals surface area (Å²) >= 11 is 0. The van der Waals surface area contributed by atoms with E-state index in [0.29, 0.717) is 10.8 Å². The Morgan fingerprint density at radius 2 is 2.24 bits per heavy atom. The van der Waals surface area contributed by atoms with Crippen molar-refractivity contribution in [2.75, 3.05) is 31.6 Å². The standard InChI is InChI=1S/C21H28N2O2/c1-3-23-12-15(18-16(23)5-4-6-17(18)25-2)19(24)22-13-20-8-7-14-11-21(14,20)10-9-20/h4-6,14-15H,3,7-13H2,1-2H3,(H,22,24). The first kappa shape index (κ1) is 15.5. The zero-order valence-corrected chi connectivity index (χ0v) is 15.3. The lowest BCUT2D eigenvalue weighted by Crippen LogP contribution is -2.49. The van der Waals surface area contributed by atoms with Crippen LogP contribution in [-0.2, 0) is 4.79 Å². The van der Waals surface area contributed by atoms with Crippen LogP contribution in [0.3, 0.4) is 0 Å². The van der Waals surface area contributed by atoms with Crippen LogP contribution in [0, 0.1) is 16.7 Å². The second-order valence-electron chi connectivity index (χ2n) is 8.58. The Balaban J connectivity index is 1.35. The minimum atomic E-state index is -0.116. The molecule has 1 N–H and O–H groups in total. The van der Waals surface area contributed by atoms with Crippen LogP contribution in [0.5, 0.6) is 5.75 Å². The maximum atomic E-state index is 13.1. The van der Waals surface area contributed by atoms with Gasteiger partial charge in [0.05, 0.1) is 13.0 Å². The Bertz CT molecular complexity index is 727. The number of nitrogens with zero attached hydrogens (tertiary/aromatic N) is 1. The number of carbonyl (C=O) groups is 1. The highest BCUT2D eigenvalue weighted by molar-refractivity contribution is 5.90. The van der Waals surface area contributed by atoms with E-state index < -0.39 is 0 Å². The summed E-state index contributed by atoms with van der Waals surface area (Å²) in [5.74, 6) is 1.88. The zero-order chi connectivity index (χ0) is 17.2. The molecule has 0 radical (unpaired) electrons. The second-order valence-corrected chi connectivity index (χ2v) is 8.58. The number of amides is 1. The van der Waals surface area contributed by atoms with Crippen molar-refractivity contribution in [1.82, 2.24) is 5.32 Å². The summed E-state index contributed by atoms with van der Waals surface area (Å²) in [5.41, 5.74) is 3.28. The third-order valence-corrected chi connectivity index (χ3v) is 7.96. The van der Waals surface area contributed by atoms with Crippen molar-refractivity contribution in [3.8, 4) is 5.75 Å². The molecule has 25 heavy (non-hydrogen) atoms. The molecule has 4 aliphatic rings. The molecule has 3 fully saturated rings. The predicted molar refractivity (Wildman–Crippen MR) is 98.1 cm³/mol. The Kier molecular flexibility index (Phi) is 3.20. The summed E-state index contributed by atoms with van der Waals surface area (Å²) in [6.07, 6.45) is 6.85. The first-order valence-electron chi connectivity index (χ1n) is 9.84. The van der Waals surface area contributed by atoms with Crippen LogP contribution >= 0.6 is 0 Å². The number of likely N-dealkylation sites (N-methyl/N-ethyl adjacent to an activating group) is 1. The molecule has 4 atom stereocenters. The van der Waals surface area contributed by atoms with Gasteiger partial charge in [0.25, 0.3) is 0 Å². The molecule has 3 saturated carbocycles. The SMILES string of the molecule is CCN1CC(C(=O)NCC23CCC4CC42CC3)c2c(OC)cccc21. The second kappa shape index (κ2) is 5.15. The van der Waals surface area contributed by atoms with E-state index in [1.54, 1.807) is 7.11 Å². The molecule has 4 nitrogen and oxygen atoms in total. The highest BCUT2D eigenvalue weighted by Gasteiger charge is 2.74. The van der Waals surface area contributed by atoms with Crippen molar-refractivity contribution >= 4 is 11.6 Å². The number of nitrogens with one attached hydrogen (secondary N) is 1. The Hall–Kier alpha value is -1.71. The number of fused-ring (bicyclic) bond motifs is 1.